The molecule has 2 N–H and O–H groups in total. The van der Waals surface area contributed by atoms with Crippen LogP contribution in [0.5, 0.6) is 0 Å². The number of halogens is 1. The number of nitrogens with zero attached hydrogens (tertiary/aromatic N) is 2. The van der Waals surface area contributed by atoms with Gasteiger partial charge in [0.1, 0.15) is 10.6 Å². The van der Waals surface area contributed by atoms with Crippen LogP contribution in [0.15, 0.2) is 18.2 Å². The normalized spacial score (nSPS) is 22.1. The van der Waals surface area contributed by atoms with Gasteiger partial charge in [0.05, 0.1) is 4.92 Å². The Kier molecular flexibility index (Phi) is 4.25. The molecule has 6 nitrogen and oxygen atoms in total. The summed E-state index contributed by atoms with van der Waals surface area (Å²) < 4.78 is 0. The van der Waals surface area contributed by atoms with Gasteiger partial charge in [0.15, 0.2) is 0 Å². The number of para-hydroxylation sites is 1. The summed E-state index contributed by atoms with van der Waals surface area (Å²) in [5.41, 5.74) is 5.34. The second kappa shape index (κ2) is 5.76. The van der Waals surface area contributed by atoms with E-state index in [4.69, 9.17) is 17.3 Å². The number of nitro groups is 1. The highest BCUT2D eigenvalue weighted by atomic mass is 35.5. The van der Waals surface area contributed by atoms with E-state index in [9.17, 15) is 14.9 Å². The van der Waals surface area contributed by atoms with E-state index < -0.39 is 4.92 Å². The predicted molar refractivity (Wildman–Crippen MR) is 75.8 cm³/mol. The lowest BCUT2D eigenvalue weighted by Gasteiger charge is -2.21. The van der Waals surface area contributed by atoms with Gasteiger partial charge >= 0.3 is 5.69 Å². The van der Waals surface area contributed by atoms with Gasteiger partial charge < -0.3 is 10.6 Å². The minimum atomic E-state index is -0.614. The van der Waals surface area contributed by atoms with Crippen molar-refractivity contribution in [1.82, 2.24) is 4.90 Å². The Labute approximate surface area is 121 Å². The third kappa shape index (κ3) is 2.62. The summed E-state index contributed by atoms with van der Waals surface area (Å²) in [6.07, 6.45) is 0.816. The van der Waals surface area contributed by atoms with Crippen LogP contribution in [0.3, 0.4) is 0 Å². The number of hydrogen-bond donors (Lipinski definition) is 1. The fourth-order valence-corrected chi connectivity index (χ4v) is 2.87. The first-order chi connectivity index (χ1) is 9.45. The molecule has 1 amide bonds. The lowest BCUT2D eigenvalue weighted by atomic mass is 10.1. The predicted octanol–water partition coefficient (Wildman–Crippen LogP) is 2.06. The third-order valence-corrected chi connectivity index (χ3v) is 3.96. The molecule has 2 unspecified atom stereocenters. The van der Waals surface area contributed by atoms with Crippen molar-refractivity contribution in [2.45, 2.75) is 19.4 Å². The third-order valence-electron chi connectivity index (χ3n) is 3.66. The van der Waals surface area contributed by atoms with Crippen LogP contribution in [0.4, 0.5) is 5.69 Å². The molecule has 0 radical (unpaired) electrons. The molecule has 1 saturated heterocycles. The van der Waals surface area contributed by atoms with Crippen molar-refractivity contribution in [3.63, 3.8) is 0 Å². The number of nitrogens with two attached hydrogens (primary N) is 1. The summed E-state index contributed by atoms with van der Waals surface area (Å²) in [4.78, 5) is 24.6. The molecule has 1 heterocycles. The molecule has 20 heavy (non-hydrogen) atoms. The SMILES string of the molecule is CC1CC(CN)CN1C(=O)c1cccc(Cl)c1[N+](=O)[O-]. The molecule has 0 bridgehead atoms. The number of carbonyl (C=O) groups is 1. The minimum Gasteiger partial charge on any atom is -0.335 e. The average molecular weight is 298 g/mol. The zero-order chi connectivity index (χ0) is 14.9. The number of hydrogen-bond acceptors (Lipinski definition) is 4. The molecular formula is C13H16ClN3O3. The highest BCUT2D eigenvalue weighted by molar-refractivity contribution is 6.33. The van der Waals surface area contributed by atoms with E-state index >= 15 is 0 Å². The van der Waals surface area contributed by atoms with Crippen molar-refractivity contribution >= 4 is 23.2 Å². The van der Waals surface area contributed by atoms with E-state index in [1.54, 1.807) is 11.0 Å². The van der Waals surface area contributed by atoms with E-state index in [2.05, 4.69) is 0 Å². The highest BCUT2D eigenvalue weighted by Crippen LogP contribution is 2.31. The van der Waals surface area contributed by atoms with Crippen molar-refractivity contribution in [2.75, 3.05) is 13.1 Å². The van der Waals surface area contributed by atoms with Gasteiger partial charge in [-0.15, -0.1) is 0 Å². The quantitative estimate of drug-likeness (QED) is 0.683. The summed E-state index contributed by atoms with van der Waals surface area (Å²) in [5.74, 6) is -0.116. The van der Waals surface area contributed by atoms with Crippen molar-refractivity contribution < 1.29 is 9.72 Å². The number of benzene rings is 1. The standard InChI is InChI=1S/C13H16ClN3O3/c1-8-5-9(6-15)7-16(8)13(18)10-3-2-4-11(14)12(10)17(19)20/h2-4,8-9H,5-7,15H2,1H3. The Morgan fingerprint density at radius 2 is 2.30 bits per heavy atom. The molecule has 2 atom stereocenters. The van der Waals surface area contributed by atoms with Crippen molar-refractivity contribution in [1.29, 1.82) is 0 Å². The molecule has 0 saturated carbocycles. The van der Waals surface area contributed by atoms with Crippen LogP contribution in [-0.2, 0) is 0 Å². The van der Waals surface area contributed by atoms with Crippen LogP contribution in [0.25, 0.3) is 0 Å². The topological polar surface area (TPSA) is 89.5 Å². The summed E-state index contributed by atoms with van der Waals surface area (Å²) in [5, 5.41) is 11.1. The fraction of sp³-hybridized carbons (Fsp3) is 0.462. The van der Waals surface area contributed by atoms with Crippen LogP contribution in [-0.4, -0.2) is 34.9 Å². The molecule has 0 aliphatic carbocycles. The van der Waals surface area contributed by atoms with Gasteiger partial charge in [-0.05, 0) is 37.9 Å². The zero-order valence-corrected chi connectivity index (χ0v) is 11.8. The minimum absolute atomic E-state index is 0.0228. The summed E-state index contributed by atoms with van der Waals surface area (Å²) >= 11 is 5.84. The maximum Gasteiger partial charge on any atom is 0.300 e. The lowest BCUT2D eigenvalue weighted by molar-refractivity contribution is -0.385. The fourth-order valence-electron chi connectivity index (χ4n) is 2.62. The maximum absolute atomic E-state index is 12.5. The molecule has 1 aromatic rings. The van der Waals surface area contributed by atoms with Crippen molar-refractivity contribution in [3.05, 3.63) is 38.9 Å². The van der Waals surface area contributed by atoms with E-state index in [1.807, 2.05) is 6.92 Å². The first-order valence-electron chi connectivity index (χ1n) is 6.39. The van der Waals surface area contributed by atoms with E-state index in [0.29, 0.717) is 13.1 Å². The number of nitro benzene ring substituents is 1. The first kappa shape index (κ1) is 14.7. The number of rotatable bonds is 3. The monoisotopic (exact) mass is 297 g/mol. The smallest absolute Gasteiger partial charge is 0.300 e. The second-order valence-corrected chi connectivity index (χ2v) is 5.44. The van der Waals surface area contributed by atoms with Gasteiger partial charge in [0, 0.05) is 12.6 Å². The molecular weight excluding hydrogens is 282 g/mol. The van der Waals surface area contributed by atoms with E-state index in [-0.39, 0.29) is 34.1 Å². The molecule has 0 spiro atoms. The van der Waals surface area contributed by atoms with Gasteiger partial charge in [-0.1, -0.05) is 17.7 Å². The van der Waals surface area contributed by atoms with Crippen molar-refractivity contribution in [2.24, 2.45) is 11.7 Å². The van der Waals surface area contributed by atoms with Gasteiger partial charge in [0.2, 0.25) is 0 Å². The van der Waals surface area contributed by atoms with Gasteiger partial charge in [-0.3, -0.25) is 14.9 Å². The molecule has 1 aliphatic rings. The van der Waals surface area contributed by atoms with Crippen molar-refractivity contribution in [3.8, 4) is 0 Å². The van der Waals surface area contributed by atoms with Gasteiger partial charge in [-0.2, -0.15) is 0 Å². The first-order valence-corrected chi connectivity index (χ1v) is 6.77. The Hall–Kier alpha value is -1.66. The summed E-state index contributed by atoms with van der Waals surface area (Å²) in [6.45, 7) is 2.95. The zero-order valence-electron chi connectivity index (χ0n) is 11.1. The molecule has 108 valence electrons. The van der Waals surface area contributed by atoms with Crippen LogP contribution in [0.1, 0.15) is 23.7 Å². The highest BCUT2D eigenvalue weighted by Gasteiger charge is 2.35. The van der Waals surface area contributed by atoms with Crippen LogP contribution in [0, 0.1) is 16.0 Å². The Morgan fingerprint density at radius 3 is 2.85 bits per heavy atom. The largest absolute Gasteiger partial charge is 0.335 e. The second-order valence-electron chi connectivity index (χ2n) is 5.04. The van der Waals surface area contributed by atoms with Gasteiger partial charge in [-0.25, -0.2) is 0 Å². The Morgan fingerprint density at radius 1 is 1.60 bits per heavy atom. The maximum atomic E-state index is 12.5. The number of amides is 1. The van der Waals surface area contributed by atoms with Crippen LogP contribution >= 0.6 is 11.6 Å². The molecule has 1 aliphatic heterocycles. The van der Waals surface area contributed by atoms with Gasteiger partial charge in [0.25, 0.3) is 5.91 Å². The Balaban J connectivity index is 2.35. The number of carbonyl (C=O) groups excluding carboxylic acids is 1. The molecule has 1 fully saturated rings. The van der Waals surface area contributed by atoms with Crippen LogP contribution in [0.2, 0.25) is 5.02 Å². The van der Waals surface area contributed by atoms with Crippen LogP contribution < -0.4 is 5.73 Å². The number of likely N-dealkylation sites (tertiary alicyclic amines) is 1. The molecule has 1 aromatic carbocycles. The Bertz CT molecular complexity index is 550. The lowest BCUT2D eigenvalue weighted by Crippen LogP contribution is -2.34. The van der Waals surface area contributed by atoms with E-state index in [0.717, 1.165) is 6.42 Å². The summed E-state index contributed by atoms with van der Waals surface area (Å²) in [6, 6.07) is 4.42. The molecule has 2 rings (SSSR count). The molecule has 0 aromatic heterocycles. The molecule has 7 heteroatoms. The average Bonchev–Trinajstić information content (AvgIpc) is 2.78. The van der Waals surface area contributed by atoms with E-state index in [1.165, 1.54) is 12.1 Å². The summed E-state index contributed by atoms with van der Waals surface area (Å²) in [7, 11) is 0.